The molecule has 0 radical (unpaired) electrons. The van der Waals surface area contributed by atoms with Gasteiger partial charge in [0, 0.05) is 23.2 Å². The number of hydrogen-bond donors (Lipinski definition) is 1. The maximum atomic E-state index is 12.4. The molecule has 0 aliphatic carbocycles. The first kappa shape index (κ1) is 21.2. The summed E-state index contributed by atoms with van der Waals surface area (Å²) in [5, 5.41) is 6.22. The predicted octanol–water partition coefficient (Wildman–Crippen LogP) is 4.78. The lowest BCUT2D eigenvalue weighted by atomic mass is 10.1. The Morgan fingerprint density at radius 1 is 1.11 bits per heavy atom. The van der Waals surface area contributed by atoms with Crippen molar-refractivity contribution in [2.45, 2.75) is 52.9 Å². The molecule has 6 heteroatoms. The number of carbonyl (C=O) groups is 1. The summed E-state index contributed by atoms with van der Waals surface area (Å²) >= 11 is 1.70. The molecule has 0 bridgehead atoms. The number of benzene rings is 1. The van der Waals surface area contributed by atoms with E-state index >= 15 is 0 Å². The van der Waals surface area contributed by atoms with Gasteiger partial charge < -0.3 is 14.8 Å². The van der Waals surface area contributed by atoms with Crippen molar-refractivity contribution < 1.29 is 14.3 Å². The molecule has 1 amide bonds. The highest BCUT2D eigenvalue weighted by atomic mass is 32.1. The Kier molecular flexibility index (Phi) is 9.11. The van der Waals surface area contributed by atoms with E-state index in [0.717, 1.165) is 37.8 Å². The van der Waals surface area contributed by atoms with Gasteiger partial charge in [0.25, 0.3) is 5.91 Å². The summed E-state index contributed by atoms with van der Waals surface area (Å²) in [6.45, 7) is 8.01. The van der Waals surface area contributed by atoms with Gasteiger partial charge in [0.05, 0.1) is 18.2 Å². The largest absolute Gasteiger partial charge is 0.490 e. The van der Waals surface area contributed by atoms with Gasteiger partial charge in [-0.25, -0.2) is 4.98 Å². The summed E-state index contributed by atoms with van der Waals surface area (Å²) in [6.07, 6.45) is 4.74. The van der Waals surface area contributed by atoms with Crippen molar-refractivity contribution in [1.82, 2.24) is 10.3 Å². The Labute approximate surface area is 166 Å². The van der Waals surface area contributed by atoms with Crippen LogP contribution in [0.3, 0.4) is 0 Å². The zero-order chi connectivity index (χ0) is 19.5. The molecule has 2 rings (SSSR count). The molecule has 2 aromatic rings. The minimum Gasteiger partial charge on any atom is -0.490 e. The van der Waals surface area contributed by atoms with Crippen molar-refractivity contribution in [2.24, 2.45) is 0 Å². The van der Waals surface area contributed by atoms with Gasteiger partial charge in [-0.15, -0.1) is 11.3 Å². The van der Waals surface area contributed by atoms with E-state index in [0.29, 0.717) is 36.8 Å². The summed E-state index contributed by atoms with van der Waals surface area (Å²) in [6, 6.07) is 5.38. The molecule has 5 nitrogen and oxygen atoms in total. The van der Waals surface area contributed by atoms with Crippen LogP contribution in [0.5, 0.6) is 11.5 Å². The molecule has 0 saturated carbocycles. The zero-order valence-corrected chi connectivity index (χ0v) is 17.4. The van der Waals surface area contributed by atoms with Crippen molar-refractivity contribution in [2.75, 3.05) is 19.8 Å². The summed E-state index contributed by atoms with van der Waals surface area (Å²) in [7, 11) is 0. The maximum absolute atomic E-state index is 12.4. The van der Waals surface area contributed by atoms with Crippen LogP contribution in [0.1, 0.15) is 60.6 Å². The third-order valence-electron chi connectivity index (χ3n) is 3.90. The molecule has 0 aliphatic heterocycles. The van der Waals surface area contributed by atoms with Gasteiger partial charge in [0.15, 0.2) is 11.5 Å². The fourth-order valence-corrected chi connectivity index (χ4v) is 3.35. The van der Waals surface area contributed by atoms with E-state index in [-0.39, 0.29) is 5.91 Å². The van der Waals surface area contributed by atoms with E-state index in [1.54, 1.807) is 23.5 Å². The monoisotopic (exact) mass is 390 g/mol. The standard InChI is InChI=1S/C21H30N2O3S/c1-4-12-25-18-10-9-17(14-19(18)26-13-5-2)21(24)22-11-7-6-8-20-23-16(3)15-27-20/h9-10,14-15H,4-8,11-13H2,1-3H3,(H,22,24). The smallest absolute Gasteiger partial charge is 0.251 e. The van der Waals surface area contributed by atoms with Crippen LogP contribution in [0.25, 0.3) is 0 Å². The van der Waals surface area contributed by atoms with Crippen molar-refractivity contribution in [3.8, 4) is 11.5 Å². The lowest BCUT2D eigenvalue weighted by Gasteiger charge is -2.13. The Hall–Kier alpha value is -2.08. The average Bonchev–Trinajstić information content (AvgIpc) is 3.09. The van der Waals surface area contributed by atoms with E-state index in [2.05, 4.69) is 29.5 Å². The van der Waals surface area contributed by atoms with Gasteiger partial charge in [-0.05, 0) is 57.2 Å². The Morgan fingerprint density at radius 3 is 2.52 bits per heavy atom. The molecule has 1 heterocycles. The molecule has 27 heavy (non-hydrogen) atoms. The number of amides is 1. The second-order valence-electron chi connectivity index (χ2n) is 6.45. The van der Waals surface area contributed by atoms with Crippen molar-refractivity contribution in [1.29, 1.82) is 0 Å². The van der Waals surface area contributed by atoms with E-state index in [4.69, 9.17) is 9.47 Å². The molecule has 0 atom stereocenters. The van der Waals surface area contributed by atoms with Gasteiger partial charge in [-0.2, -0.15) is 0 Å². The van der Waals surface area contributed by atoms with Crippen molar-refractivity contribution >= 4 is 17.2 Å². The summed E-state index contributed by atoms with van der Waals surface area (Å²) < 4.78 is 11.5. The fraction of sp³-hybridized carbons (Fsp3) is 0.524. The number of carbonyl (C=O) groups excluding carboxylic acids is 1. The number of nitrogens with one attached hydrogen (secondary N) is 1. The van der Waals surface area contributed by atoms with E-state index in [9.17, 15) is 4.79 Å². The number of hydrogen-bond acceptors (Lipinski definition) is 5. The summed E-state index contributed by atoms with van der Waals surface area (Å²) in [5.74, 6) is 1.25. The van der Waals surface area contributed by atoms with Crippen LogP contribution >= 0.6 is 11.3 Å². The van der Waals surface area contributed by atoms with Crippen LogP contribution in [-0.2, 0) is 6.42 Å². The van der Waals surface area contributed by atoms with Crippen LogP contribution in [0.4, 0.5) is 0 Å². The van der Waals surface area contributed by atoms with Gasteiger partial charge in [-0.1, -0.05) is 13.8 Å². The Bertz CT molecular complexity index is 715. The molecular formula is C21H30N2O3S. The van der Waals surface area contributed by atoms with Crippen LogP contribution in [0, 0.1) is 6.92 Å². The third kappa shape index (κ3) is 7.21. The van der Waals surface area contributed by atoms with Crippen LogP contribution < -0.4 is 14.8 Å². The number of aromatic nitrogens is 1. The van der Waals surface area contributed by atoms with E-state index < -0.39 is 0 Å². The lowest BCUT2D eigenvalue weighted by molar-refractivity contribution is 0.0952. The molecule has 0 aliphatic rings. The normalized spacial score (nSPS) is 10.6. The number of thiazole rings is 1. The fourth-order valence-electron chi connectivity index (χ4n) is 2.53. The average molecular weight is 391 g/mol. The topological polar surface area (TPSA) is 60.5 Å². The molecule has 1 aromatic heterocycles. The van der Waals surface area contributed by atoms with Crippen molar-refractivity contribution in [3.63, 3.8) is 0 Å². The lowest BCUT2D eigenvalue weighted by Crippen LogP contribution is -2.24. The third-order valence-corrected chi connectivity index (χ3v) is 4.93. The maximum Gasteiger partial charge on any atom is 0.251 e. The predicted molar refractivity (Wildman–Crippen MR) is 110 cm³/mol. The van der Waals surface area contributed by atoms with Gasteiger partial charge >= 0.3 is 0 Å². The van der Waals surface area contributed by atoms with Gasteiger partial charge in [0.1, 0.15) is 0 Å². The highest BCUT2D eigenvalue weighted by Crippen LogP contribution is 2.29. The second-order valence-corrected chi connectivity index (χ2v) is 7.40. The first-order valence-corrected chi connectivity index (χ1v) is 10.6. The molecule has 1 N–H and O–H groups in total. The highest BCUT2D eigenvalue weighted by Gasteiger charge is 2.11. The highest BCUT2D eigenvalue weighted by molar-refractivity contribution is 7.09. The molecule has 0 fully saturated rings. The van der Waals surface area contributed by atoms with Gasteiger partial charge in [-0.3, -0.25) is 4.79 Å². The second kappa shape index (κ2) is 11.6. The first-order chi connectivity index (χ1) is 13.1. The number of rotatable bonds is 12. The minimum absolute atomic E-state index is 0.0801. The molecule has 1 aromatic carbocycles. The van der Waals surface area contributed by atoms with E-state index in [1.165, 1.54) is 5.01 Å². The van der Waals surface area contributed by atoms with Crippen LogP contribution in [-0.4, -0.2) is 30.6 Å². The summed E-state index contributed by atoms with van der Waals surface area (Å²) in [5.41, 5.74) is 1.68. The van der Waals surface area contributed by atoms with Crippen molar-refractivity contribution in [3.05, 3.63) is 39.8 Å². The quantitative estimate of drug-likeness (QED) is 0.530. The number of nitrogens with zero attached hydrogens (tertiary/aromatic N) is 1. The number of aryl methyl sites for hydroxylation is 2. The van der Waals surface area contributed by atoms with Crippen LogP contribution in [0.15, 0.2) is 23.6 Å². The molecule has 0 unspecified atom stereocenters. The zero-order valence-electron chi connectivity index (χ0n) is 16.5. The minimum atomic E-state index is -0.0801. The number of ether oxygens (including phenoxy) is 2. The molecular weight excluding hydrogens is 360 g/mol. The van der Waals surface area contributed by atoms with Crippen LogP contribution in [0.2, 0.25) is 0 Å². The molecule has 0 spiro atoms. The molecule has 148 valence electrons. The Morgan fingerprint density at radius 2 is 1.85 bits per heavy atom. The van der Waals surface area contributed by atoms with E-state index in [1.807, 2.05) is 13.0 Å². The Balaban J connectivity index is 1.83. The number of unbranched alkanes of at least 4 members (excludes halogenated alkanes) is 1. The first-order valence-electron chi connectivity index (χ1n) is 9.72. The summed E-state index contributed by atoms with van der Waals surface area (Å²) in [4.78, 5) is 16.9. The molecule has 0 saturated heterocycles. The SMILES string of the molecule is CCCOc1ccc(C(=O)NCCCCc2nc(C)cs2)cc1OCCC. The van der Waals surface area contributed by atoms with Gasteiger partial charge in [0.2, 0.25) is 0 Å².